The molecule has 98 valence electrons. The molecule has 0 saturated heterocycles. The van der Waals surface area contributed by atoms with Crippen LogP contribution in [0.1, 0.15) is 19.7 Å². The Hall–Kier alpha value is -1.40. The summed E-state index contributed by atoms with van der Waals surface area (Å²) >= 11 is 5.11. The lowest BCUT2D eigenvalue weighted by atomic mass is 10.2. The highest BCUT2D eigenvalue weighted by Gasteiger charge is 2.12. The zero-order valence-electron chi connectivity index (χ0n) is 10.9. The summed E-state index contributed by atoms with van der Waals surface area (Å²) in [6.45, 7) is 5.89. The molecule has 6 heteroatoms. The van der Waals surface area contributed by atoms with E-state index in [1.165, 1.54) is 6.33 Å². The van der Waals surface area contributed by atoms with Gasteiger partial charge in [-0.3, -0.25) is 0 Å². The summed E-state index contributed by atoms with van der Waals surface area (Å²) in [5, 5.41) is 2.02. The molecule has 0 aliphatic carbocycles. The van der Waals surface area contributed by atoms with Crippen molar-refractivity contribution in [2.75, 3.05) is 0 Å². The summed E-state index contributed by atoms with van der Waals surface area (Å²) < 4.78 is 2.05. The largest absolute Gasteiger partial charge is 0.244 e. The number of fused-ring (bicyclic) bond motifs is 1. The van der Waals surface area contributed by atoms with Crippen LogP contribution in [0.3, 0.4) is 0 Å². The Morgan fingerprint density at radius 2 is 1.79 bits per heavy atom. The standard InChI is InChI=1S/C11H7BrN4S.C2H6/c1-6-15-9(7-2-13-5-14-3-7)11-10(16-6)8(12)4-17-11;1-2/h2-5H,1H3;1-2H3. The molecule has 0 radical (unpaired) electrons. The minimum Gasteiger partial charge on any atom is -0.244 e. The third-order valence-corrected chi connectivity index (χ3v) is 4.20. The Morgan fingerprint density at radius 3 is 2.47 bits per heavy atom. The smallest absolute Gasteiger partial charge is 0.126 e. The van der Waals surface area contributed by atoms with E-state index in [4.69, 9.17) is 0 Å². The molecule has 0 spiro atoms. The van der Waals surface area contributed by atoms with Gasteiger partial charge in [0.15, 0.2) is 0 Å². The molecule has 0 aromatic carbocycles. The summed E-state index contributed by atoms with van der Waals surface area (Å²) in [5.41, 5.74) is 2.75. The molecule has 0 fully saturated rings. The van der Waals surface area contributed by atoms with Crippen LogP contribution in [-0.4, -0.2) is 19.9 Å². The molecule has 3 aromatic heterocycles. The Labute approximate surface area is 124 Å². The molecule has 0 amide bonds. The van der Waals surface area contributed by atoms with Gasteiger partial charge in [0.1, 0.15) is 12.2 Å². The molecule has 3 heterocycles. The Balaban J connectivity index is 0.000000637. The summed E-state index contributed by atoms with van der Waals surface area (Å²) in [6, 6.07) is 0. The number of aryl methyl sites for hydroxylation is 1. The van der Waals surface area contributed by atoms with Crippen LogP contribution in [0.25, 0.3) is 21.5 Å². The Morgan fingerprint density at radius 1 is 1.11 bits per heavy atom. The van der Waals surface area contributed by atoms with Crippen molar-refractivity contribution in [1.82, 2.24) is 19.9 Å². The third kappa shape index (κ3) is 2.79. The maximum Gasteiger partial charge on any atom is 0.126 e. The summed E-state index contributed by atoms with van der Waals surface area (Å²) in [4.78, 5) is 17.0. The van der Waals surface area contributed by atoms with E-state index in [9.17, 15) is 0 Å². The average Bonchev–Trinajstić information content (AvgIpc) is 2.83. The summed E-state index contributed by atoms with van der Waals surface area (Å²) in [6.07, 6.45) is 5.04. The van der Waals surface area contributed by atoms with E-state index >= 15 is 0 Å². The first-order valence-electron chi connectivity index (χ1n) is 5.92. The van der Waals surface area contributed by atoms with Crippen molar-refractivity contribution in [3.8, 4) is 11.3 Å². The molecule has 19 heavy (non-hydrogen) atoms. The number of nitrogens with zero attached hydrogens (tertiary/aromatic N) is 4. The molecule has 0 saturated carbocycles. The molecule has 3 aromatic rings. The summed E-state index contributed by atoms with van der Waals surface area (Å²) in [5.74, 6) is 0.746. The Kier molecular flexibility index (Phi) is 4.55. The minimum absolute atomic E-state index is 0.746. The number of hydrogen-bond acceptors (Lipinski definition) is 5. The highest BCUT2D eigenvalue weighted by molar-refractivity contribution is 9.10. The van der Waals surface area contributed by atoms with Gasteiger partial charge in [-0.1, -0.05) is 13.8 Å². The second-order valence-electron chi connectivity index (χ2n) is 3.51. The highest BCUT2D eigenvalue weighted by atomic mass is 79.9. The fourth-order valence-corrected chi connectivity index (χ4v) is 3.19. The lowest BCUT2D eigenvalue weighted by Crippen LogP contribution is -1.92. The van der Waals surface area contributed by atoms with Crippen molar-refractivity contribution < 1.29 is 0 Å². The second-order valence-corrected chi connectivity index (χ2v) is 5.24. The average molecular weight is 337 g/mol. The molecule has 3 rings (SSSR count). The van der Waals surface area contributed by atoms with E-state index < -0.39 is 0 Å². The quantitative estimate of drug-likeness (QED) is 0.666. The van der Waals surface area contributed by atoms with Crippen molar-refractivity contribution in [3.63, 3.8) is 0 Å². The van der Waals surface area contributed by atoms with E-state index in [0.29, 0.717) is 0 Å². The maximum absolute atomic E-state index is 4.48. The molecular formula is C13H13BrN4S. The van der Waals surface area contributed by atoms with E-state index in [0.717, 1.165) is 31.8 Å². The van der Waals surface area contributed by atoms with Crippen LogP contribution >= 0.6 is 27.3 Å². The van der Waals surface area contributed by atoms with Gasteiger partial charge in [0.05, 0.1) is 20.4 Å². The van der Waals surface area contributed by atoms with E-state index in [1.807, 2.05) is 26.2 Å². The highest BCUT2D eigenvalue weighted by Crippen LogP contribution is 2.34. The predicted octanol–water partition coefficient (Wildman–Crippen LogP) is 4.25. The molecule has 0 bridgehead atoms. The fraction of sp³-hybridized carbons (Fsp3) is 0.231. The van der Waals surface area contributed by atoms with E-state index in [2.05, 4.69) is 35.9 Å². The molecular weight excluding hydrogens is 324 g/mol. The van der Waals surface area contributed by atoms with E-state index in [1.54, 1.807) is 23.7 Å². The molecule has 0 aliphatic rings. The van der Waals surface area contributed by atoms with Crippen LogP contribution in [-0.2, 0) is 0 Å². The lowest BCUT2D eigenvalue weighted by molar-refractivity contribution is 1.09. The molecule has 0 N–H and O–H groups in total. The van der Waals surface area contributed by atoms with Crippen LogP contribution in [0.2, 0.25) is 0 Å². The number of hydrogen-bond donors (Lipinski definition) is 0. The van der Waals surface area contributed by atoms with Crippen LogP contribution in [0, 0.1) is 6.92 Å². The lowest BCUT2D eigenvalue weighted by Gasteiger charge is -2.02. The van der Waals surface area contributed by atoms with Gasteiger partial charge in [-0.05, 0) is 22.9 Å². The second kappa shape index (κ2) is 6.16. The van der Waals surface area contributed by atoms with Crippen LogP contribution < -0.4 is 0 Å². The normalized spacial score (nSPS) is 10.1. The third-order valence-electron chi connectivity index (χ3n) is 2.32. The first-order valence-corrected chi connectivity index (χ1v) is 7.59. The molecule has 0 aliphatic heterocycles. The van der Waals surface area contributed by atoms with Crippen LogP contribution in [0.5, 0.6) is 0 Å². The first-order chi connectivity index (χ1) is 9.25. The van der Waals surface area contributed by atoms with Gasteiger partial charge in [0.25, 0.3) is 0 Å². The summed E-state index contributed by atoms with van der Waals surface area (Å²) in [7, 11) is 0. The maximum atomic E-state index is 4.48. The number of aromatic nitrogens is 4. The number of thiophene rings is 1. The zero-order chi connectivity index (χ0) is 13.8. The molecule has 0 unspecified atom stereocenters. The van der Waals surface area contributed by atoms with Gasteiger partial charge < -0.3 is 0 Å². The van der Waals surface area contributed by atoms with Crippen molar-refractivity contribution in [2.24, 2.45) is 0 Å². The monoisotopic (exact) mass is 336 g/mol. The van der Waals surface area contributed by atoms with Gasteiger partial charge in [0, 0.05) is 23.3 Å². The van der Waals surface area contributed by atoms with Crippen molar-refractivity contribution in [2.45, 2.75) is 20.8 Å². The molecule has 0 atom stereocenters. The SMILES string of the molecule is CC.Cc1nc(-c2cncnc2)c2scc(Br)c2n1. The van der Waals surface area contributed by atoms with Gasteiger partial charge in [0.2, 0.25) is 0 Å². The fourth-order valence-electron chi connectivity index (χ4n) is 1.62. The van der Waals surface area contributed by atoms with Crippen molar-refractivity contribution >= 4 is 37.5 Å². The first kappa shape index (κ1) is 14.0. The van der Waals surface area contributed by atoms with Crippen LogP contribution in [0.15, 0.2) is 28.6 Å². The van der Waals surface area contributed by atoms with Crippen LogP contribution in [0.4, 0.5) is 0 Å². The molecule has 4 nitrogen and oxygen atoms in total. The number of halogens is 1. The predicted molar refractivity (Wildman–Crippen MR) is 82.2 cm³/mol. The number of rotatable bonds is 1. The zero-order valence-corrected chi connectivity index (χ0v) is 13.3. The minimum atomic E-state index is 0.746. The van der Waals surface area contributed by atoms with Gasteiger partial charge in [-0.15, -0.1) is 11.3 Å². The van der Waals surface area contributed by atoms with Crippen molar-refractivity contribution in [1.29, 1.82) is 0 Å². The van der Waals surface area contributed by atoms with Gasteiger partial charge in [-0.25, -0.2) is 19.9 Å². The Bertz CT molecular complexity index is 682. The van der Waals surface area contributed by atoms with Gasteiger partial charge in [-0.2, -0.15) is 0 Å². The van der Waals surface area contributed by atoms with Crippen molar-refractivity contribution in [3.05, 3.63) is 34.4 Å². The topological polar surface area (TPSA) is 51.6 Å². The van der Waals surface area contributed by atoms with Gasteiger partial charge >= 0.3 is 0 Å². The van der Waals surface area contributed by atoms with E-state index in [-0.39, 0.29) is 0 Å².